The molecule has 0 aliphatic rings. The normalized spacial score (nSPS) is 11.0. The summed E-state index contributed by atoms with van der Waals surface area (Å²) >= 11 is 0. The lowest BCUT2D eigenvalue weighted by Crippen LogP contribution is -2.23. The summed E-state index contributed by atoms with van der Waals surface area (Å²) in [7, 11) is 0. The summed E-state index contributed by atoms with van der Waals surface area (Å²) in [6.07, 6.45) is 44.7. The second-order valence-corrected chi connectivity index (χ2v) is 15.3. The summed E-state index contributed by atoms with van der Waals surface area (Å²) < 4.78 is 0. The van der Waals surface area contributed by atoms with Crippen LogP contribution in [-0.4, -0.2) is 44.3 Å². The van der Waals surface area contributed by atoms with Crippen molar-refractivity contribution in [3.8, 4) is 0 Å². The van der Waals surface area contributed by atoms with Crippen LogP contribution in [0.15, 0.2) is 0 Å². The minimum absolute atomic E-state index is 0.253. The summed E-state index contributed by atoms with van der Waals surface area (Å²) in [5.41, 5.74) is 0. The van der Waals surface area contributed by atoms with Gasteiger partial charge in [-0.05, 0) is 19.3 Å². The van der Waals surface area contributed by atoms with Gasteiger partial charge in [0, 0.05) is 12.8 Å². The Morgan fingerprint density at radius 3 is 0.692 bits per heavy atom. The molecule has 0 radical (unpaired) electrons. The van der Waals surface area contributed by atoms with Gasteiger partial charge in [-0.3, -0.25) is 19.2 Å². The van der Waals surface area contributed by atoms with Crippen LogP contribution in [0, 0.1) is 5.92 Å². The lowest BCUT2D eigenvalue weighted by atomic mass is 10.00. The minimum Gasteiger partial charge on any atom is -0.481 e. The zero-order chi connectivity index (χ0) is 38.8. The molecule has 8 heteroatoms. The van der Waals surface area contributed by atoms with Gasteiger partial charge >= 0.3 is 23.9 Å². The molecule has 0 rings (SSSR count). The zero-order valence-corrected chi connectivity index (χ0v) is 33.9. The highest BCUT2D eigenvalue weighted by Crippen LogP contribution is 2.17. The topological polar surface area (TPSA) is 149 Å². The van der Waals surface area contributed by atoms with Crippen LogP contribution in [0.5, 0.6) is 0 Å². The van der Waals surface area contributed by atoms with Gasteiger partial charge in [0.05, 0.1) is 0 Å². The van der Waals surface area contributed by atoms with E-state index in [1.165, 1.54) is 180 Å². The van der Waals surface area contributed by atoms with Crippen molar-refractivity contribution < 1.29 is 39.6 Å². The van der Waals surface area contributed by atoms with Gasteiger partial charge in [0.2, 0.25) is 0 Å². The molecule has 4 N–H and O–H groups in total. The van der Waals surface area contributed by atoms with E-state index in [-0.39, 0.29) is 6.42 Å². The first kappa shape index (κ1) is 52.0. The highest BCUT2D eigenvalue weighted by molar-refractivity contribution is 5.92. The van der Waals surface area contributed by atoms with E-state index in [0.717, 1.165) is 38.5 Å². The average Bonchev–Trinajstić information content (AvgIpc) is 3.10. The van der Waals surface area contributed by atoms with Crippen molar-refractivity contribution in [2.45, 2.75) is 251 Å². The number of carboxylic acid groups (broad SMARTS) is 4. The predicted octanol–water partition coefficient (Wildman–Crippen LogP) is 13.8. The van der Waals surface area contributed by atoms with Crippen LogP contribution < -0.4 is 0 Å². The molecule has 0 aromatic carbocycles. The van der Waals surface area contributed by atoms with E-state index in [4.69, 9.17) is 20.4 Å². The fourth-order valence-corrected chi connectivity index (χ4v) is 6.81. The molecule has 0 amide bonds. The van der Waals surface area contributed by atoms with Gasteiger partial charge in [0.1, 0.15) is 0 Å². The maximum absolute atomic E-state index is 10.8. The van der Waals surface area contributed by atoms with Gasteiger partial charge in [-0.25, -0.2) is 0 Å². The minimum atomic E-state index is -1.23. The van der Waals surface area contributed by atoms with Crippen molar-refractivity contribution in [1.82, 2.24) is 0 Å². The van der Waals surface area contributed by atoms with Gasteiger partial charge in [-0.15, -0.1) is 0 Å². The summed E-state index contributed by atoms with van der Waals surface area (Å²) in [6.45, 7) is 2.26. The Kier molecular flexibility index (Phi) is 43.3. The lowest BCUT2D eigenvalue weighted by molar-refractivity contribution is -0.155. The SMILES string of the molecule is CCCCCCCCCCCCCCCCCCCC(C(=O)O)C(=O)O.O=C(O)CCCCCCCCCCCCCCCCCCCCC(=O)O. The van der Waals surface area contributed by atoms with Crippen molar-refractivity contribution in [2.24, 2.45) is 5.92 Å². The zero-order valence-electron chi connectivity index (χ0n) is 33.9. The maximum Gasteiger partial charge on any atom is 0.317 e. The Hall–Kier alpha value is -2.12. The van der Waals surface area contributed by atoms with Crippen LogP contribution in [0.25, 0.3) is 0 Å². The molecule has 0 unspecified atom stereocenters. The number of hydrogen-bond acceptors (Lipinski definition) is 4. The van der Waals surface area contributed by atoms with Crippen LogP contribution in [-0.2, 0) is 19.2 Å². The molecule has 0 bridgehead atoms. The predicted molar refractivity (Wildman–Crippen MR) is 215 cm³/mol. The van der Waals surface area contributed by atoms with Crippen LogP contribution in [0.3, 0.4) is 0 Å². The van der Waals surface area contributed by atoms with Crippen molar-refractivity contribution in [2.75, 3.05) is 0 Å². The molecular formula is C44H84O8. The van der Waals surface area contributed by atoms with E-state index in [9.17, 15) is 19.2 Å². The number of carbonyl (C=O) groups is 4. The summed E-state index contributed by atoms with van der Waals surface area (Å²) in [5.74, 6) is -5.00. The van der Waals surface area contributed by atoms with E-state index in [0.29, 0.717) is 19.3 Å². The number of aliphatic carboxylic acids is 4. The molecule has 0 saturated heterocycles. The number of carboxylic acids is 4. The van der Waals surface area contributed by atoms with Crippen LogP contribution in [0.4, 0.5) is 0 Å². The summed E-state index contributed by atoms with van der Waals surface area (Å²) in [6, 6.07) is 0. The standard InChI is InChI=1S/2C22H42O4/c1-2-3-4-5-6-7-8-9-10-11-12-13-14-15-16-17-18-19-20(21(23)24)22(25)26;23-21(24)19-17-15-13-11-9-7-5-3-1-2-4-6-8-10-12-14-16-18-20-22(25)26/h20H,2-19H2,1H3,(H,23,24)(H,25,26);1-20H2,(H,23,24)(H,25,26). The summed E-state index contributed by atoms with van der Waals surface area (Å²) in [4.78, 5) is 42.3. The van der Waals surface area contributed by atoms with Gasteiger partial charge in [-0.1, -0.05) is 219 Å². The average molecular weight is 741 g/mol. The molecule has 8 nitrogen and oxygen atoms in total. The molecule has 0 atom stereocenters. The Morgan fingerprint density at radius 1 is 0.308 bits per heavy atom. The van der Waals surface area contributed by atoms with Crippen LogP contribution >= 0.6 is 0 Å². The monoisotopic (exact) mass is 741 g/mol. The van der Waals surface area contributed by atoms with Gasteiger partial charge in [0.25, 0.3) is 0 Å². The molecule has 52 heavy (non-hydrogen) atoms. The Bertz CT molecular complexity index is 753. The highest BCUT2D eigenvalue weighted by atomic mass is 16.4. The van der Waals surface area contributed by atoms with Crippen molar-refractivity contribution in [1.29, 1.82) is 0 Å². The van der Waals surface area contributed by atoms with Gasteiger partial charge in [0.15, 0.2) is 5.92 Å². The molecular weight excluding hydrogens is 656 g/mol. The van der Waals surface area contributed by atoms with Crippen molar-refractivity contribution in [3.63, 3.8) is 0 Å². The largest absolute Gasteiger partial charge is 0.481 e. The molecule has 308 valence electrons. The van der Waals surface area contributed by atoms with E-state index in [2.05, 4.69) is 6.92 Å². The van der Waals surface area contributed by atoms with Crippen molar-refractivity contribution in [3.05, 3.63) is 0 Å². The van der Waals surface area contributed by atoms with Gasteiger partial charge < -0.3 is 20.4 Å². The van der Waals surface area contributed by atoms with E-state index < -0.39 is 29.8 Å². The fourth-order valence-electron chi connectivity index (χ4n) is 6.81. The third-order valence-corrected chi connectivity index (χ3v) is 10.2. The van der Waals surface area contributed by atoms with Crippen LogP contribution in [0.2, 0.25) is 0 Å². The first-order valence-corrected chi connectivity index (χ1v) is 22.1. The molecule has 0 heterocycles. The van der Waals surface area contributed by atoms with E-state index >= 15 is 0 Å². The molecule has 0 spiro atoms. The molecule has 0 aromatic heterocycles. The van der Waals surface area contributed by atoms with E-state index in [1.54, 1.807) is 0 Å². The number of unbranched alkanes of at least 4 members (excludes halogenated alkanes) is 33. The van der Waals surface area contributed by atoms with Gasteiger partial charge in [-0.2, -0.15) is 0 Å². The third kappa shape index (κ3) is 45.9. The Balaban J connectivity index is 0. The second kappa shape index (κ2) is 43.3. The second-order valence-electron chi connectivity index (χ2n) is 15.3. The molecule has 0 aliphatic heterocycles. The quantitative estimate of drug-likeness (QED) is 0.0357. The fraction of sp³-hybridized carbons (Fsp3) is 0.909. The third-order valence-electron chi connectivity index (χ3n) is 10.2. The molecule has 0 aliphatic carbocycles. The Labute approximate surface area is 319 Å². The number of hydrogen-bond donors (Lipinski definition) is 4. The first-order chi connectivity index (χ1) is 25.2. The molecule has 0 aromatic rings. The number of rotatable bonds is 41. The lowest BCUT2D eigenvalue weighted by Gasteiger charge is -2.07. The first-order valence-electron chi connectivity index (χ1n) is 22.1. The maximum atomic E-state index is 10.8. The van der Waals surface area contributed by atoms with Crippen molar-refractivity contribution >= 4 is 23.9 Å². The Morgan fingerprint density at radius 2 is 0.500 bits per heavy atom. The van der Waals surface area contributed by atoms with E-state index in [1.807, 2.05) is 0 Å². The summed E-state index contributed by atoms with van der Waals surface area (Å²) in [5, 5.41) is 34.7. The molecule has 0 fully saturated rings. The van der Waals surface area contributed by atoms with Crippen LogP contribution in [0.1, 0.15) is 251 Å². The smallest absolute Gasteiger partial charge is 0.317 e. The molecule has 0 saturated carbocycles. The highest BCUT2D eigenvalue weighted by Gasteiger charge is 2.24.